The summed E-state index contributed by atoms with van der Waals surface area (Å²) in [6, 6.07) is 20.1. The lowest BCUT2D eigenvalue weighted by molar-refractivity contribution is -0.121. The quantitative estimate of drug-likeness (QED) is 0.356. The van der Waals surface area contributed by atoms with Crippen molar-refractivity contribution >= 4 is 44.7 Å². The number of likely N-dealkylation sites (N-methyl/N-ethyl adjacent to an activating group) is 1. The van der Waals surface area contributed by atoms with Crippen LogP contribution in [0.1, 0.15) is 5.56 Å². The van der Waals surface area contributed by atoms with Gasteiger partial charge >= 0.3 is 0 Å². The van der Waals surface area contributed by atoms with Crippen LogP contribution in [0.25, 0.3) is 10.8 Å². The summed E-state index contributed by atoms with van der Waals surface area (Å²) < 4.78 is 26.6. The fourth-order valence-corrected chi connectivity index (χ4v) is 4.27. The molecule has 0 heterocycles. The van der Waals surface area contributed by atoms with Crippen LogP contribution in [0.2, 0.25) is 0 Å². The molecule has 3 aromatic carbocycles. The average Bonchev–Trinajstić information content (AvgIpc) is 2.73. The molecule has 0 saturated carbocycles. The SMILES string of the molecule is CSc1ccc(C=NNC(=O)CN(C)S(=O)(=O)c2ccc3ccccc3c2)cc1. The predicted molar refractivity (Wildman–Crippen MR) is 118 cm³/mol. The van der Waals surface area contributed by atoms with Gasteiger partial charge in [0.15, 0.2) is 0 Å². The number of hydrogen-bond acceptors (Lipinski definition) is 5. The first-order chi connectivity index (χ1) is 13.9. The molecule has 0 radical (unpaired) electrons. The van der Waals surface area contributed by atoms with Crippen LogP contribution in [-0.4, -0.2) is 44.7 Å². The molecule has 0 aliphatic heterocycles. The second kappa shape index (κ2) is 9.21. The van der Waals surface area contributed by atoms with Crippen LogP contribution < -0.4 is 5.43 Å². The second-order valence-corrected chi connectivity index (χ2v) is 9.26. The van der Waals surface area contributed by atoms with Gasteiger partial charge in [-0.05, 0) is 46.9 Å². The first kappa shape index (κ1) is 21.0. The van der Waals surface area contributed by atoms with Gasteiger partial charge in [-0.25, -0.2) is 13.8 Å². The fourth-order valence-electron chi connectivity index (χ4n) is 2.70. The van der Waals surface area contributed by atoms with Gasteiger partial charge in [-0.15, -0.1) is 11.8 Å². The first-order valence-corrected chi connectivity index (χ1v) is 11.5. The van der Waals surface area contributed by atoms with Gasteiger partial charge in [-0.3, -0.25) is 4.79 Å². The van der Waals surface area contributed by atoms with Crippen molar-refractivity contribution in [1.82, 2.24) is 9.73 Å². The zero-order valence-electron chi connectivity index (χ0n) is 16.1. The number of carbonyl (C=O) groups is 1. The number of nitrogens with one attached hydrogen (secondary N) is 1. The molecule has 29 heavy (non-hydrogen) atoms. The minimum atomic E-state index is -3.79. The summed E-state index contributed by atoms with van der Waals surface area (Å²) in [5.74, 6) is -0.520. The lowest BCUT2D eigenvalue weighted by atomic mass is 10.1. The third-order valence-corrected chi connectivity index (χ3v) is 6.86. The predicted octanol–water partition coefficient (Wildman–Crippen LogP) is 3.33. The first-order valence-electron chi connectivity index (χ1n) is 8.81. The maximum Gasteiger partial charge on any atom is 0.255 e. The molecule has 1 N–H and O–H groups in total. The lowest BCUT2D eigenvalue weighted by Gasteiger charge is -2.16. The van der Waals surface area contributed by atoms with Crippen LogP contribution in [-0.2, 0) is 14.8 Å². The normalized spacial score (nSPS) is 12.0. The van der Waals surface area contributed by atoms with Gasteiger partial charge in [0, 0.05) is 11.9 Å². The third-order valence-electron chi connectivity index (χ3n) is 4.31. The van der Waals surface area contributed by atoms with E-state index >= 15 is 0 Å². The minimum absolute atomic E-state index is 0.142. The Kier molecular flexibility index (Phi) is 6.68. The van der Waals surface area contributed by atoms with Crippen molar-refractivity contribution < 1.29 is 13.2 Å². The van der Waals surface area contributed by atoms with Gasteiger partial charge in [0.25, 0.3) is 5.91 Å². The summed E-state index contributed by atoms with van der Waals surface area (Å²) in [5.41, 5.74) is 3.20. The number of benzene rings is 3. The summed E-state index contributed by atoms with van der Waals surface area (Å²) in [6.45, 7) is -0.335. The Morgan fingerprint density at radius 3 is 2.45 bits per heavy atom. The Labute approximate surface area is 174 Å². The van der Waals surface area contributed by atoms with Crippen molar-refractivity contribution in [2.75, 3.05) is 19.8 Å². The maximum atomic E-state index is 12.8. The summed E-state index contributed by atoms with van der Waals surface area (Å²) in [5, 5.41) is 5.67. The number of fused-ring (bicyclic) bond motifs is 1. The van der Waals surface area contributed by atoms with E-state index in [2.05, 4.69) is 10.5 Å². The monoisotopic (exact) mass is 427 g/mol. The van der Waals surface area contributed by atoms with E-state index < -0.39 is 15.9 Å². The molecule has 0 unspecified atom stereocenters. The third kappa shape index (κ3) is 5.23. The van der Waals surface area contributed by atoms with Crippen molar-refractivity contribution in [3.8, 4) is 0 Å². The van der Waals surface area contributed by atoms with Crippen LogP contribution in [0.3, 0.4) is 0 Å². The molecule has 0 aliphatic rings. The highest BCUT2D eigenvalue weighted by molar-refractivity contribution is 7.98. The number of hydrogen-bond donors (Lipinski definition) is 1. The molecular formula is C21H21N3O3S2. The highest BCUT2D eigenvalue weighted by Gasteiger charge is 2.23. The standard InChI is InChI=1S/C21H21N3O3S2/c1-24(15-21(25)23-22-14-16-7-10-19(28-2)11-8-16)29(26,27)20-12-9-17-5-3-4-6-18(17)13-20/h3-14H,15H2,1-2H3,(H,23,25). The van der Waals surface area contributed by atoms with E-state index in [-0.39, 0.29) is 11.4 Å². The van der Waals surface area contributed by atoms with Gasteiger partial charge in [-0.1, -0.05) is 42.5 Å². The van der Waals surface area contributed by atoms with E-state index in [4.69, 9.17) is 0 Å². The number of hydrazone groups is 1. The molecule has 0 atom stereocenters. The maximum absolute atomic E-state index is 12.8. The van der Waals surface area contributed by atoms with Crippen molar-refractivity contribution in [1.29, 1.82) is 0 Å². The number of nitrogens with zero attached hydrogens (tertiary/aromatic N) is 2. The van der Waals surface area contributed by atoms with E-state index in [9.17, 15) is 13.2 Å². The summed E-state index contributed by atoms with van der Waals surface area (Å²) in [6.07, 6.45) is 3.51. The molecule has 6 nitrogen and oxygen atoms in total. The van der Waals surface area contributed by atoms with Crippen LogP contribution in [0.5, 0.6) is 0 Å². The fraction of sp³-hybridized carbons (Fsp3) is 0.143. The number of amides is 1. The number of carbonyl (C=O) groups excluding carboxylic acids is 1. The van der Waals surface area contributed by atoms with E-state index in [1.807, 2.05) is 54.8 Å². The van der Waals surface area contributed by atoms with Crippen molar-refractivity contribution in [2.24, 2.45) is 5.10 Å². The Balaban J connectivity index is 1.63. The Hall–Kier alpha value is -2.68. The zero-order chi connectivity index (χ0) is 20.9. The Morgan fingerprint density at radius 1 is 1.07 bits per heavy atom. The lowest BCUT2D eigenvalue weighted by Crippen LogP contribution is -2.36. The molecule has 0 aliphatic carbocycles. The van der Waals surface area contributed by atoms with E-state index in [0.717, 1.165) is 25.5 Å². The van der Waals surface area contributed by atoms with Crippen molar-refractivity contribution in [3.05, 3.63) is 72.3 Å². The van der Waals surface area contributed by atoms with E-state index in [1.54, 1.807) is 30.0 Å². The Morgan fingerprint density at radius 2 is 1.76 bits per heavy atom. The molecule has 8 heteroatoms. The van der Waals surface area contributed by atoms with Crippen molar-refractivity contribution in [3.63, 3.8) is 0 Å². The molecule has 0 fully saturated rings. The van der Waals surface area contributed by atoms with Crippen LogP contribution >= 0.6 is 11.8 Å². The highest BCUT2D eigenvalue weighted by atomic mass is 32.2. The van der Waals surface area contributed by atoms with Gasteiger partial charge in [-0.2, -0.15) is 9.41 Å². The molecule has 0 spiro atoms. The minimum Gasteiger partial charge on any atom is -0.272 e. The van der Waals surface area contributed by atoms with E-state index in [0.29, 0.717) is 0 Å². The molecule has 0 saturated heterocycles. The average molecular weight is 428 g/mol. The zero-order valence-corrected chi connectivity index (χ0v) is 17.7. The number of thioether (sulfide) groups is 1. The van der Waals surface area contributed by atoms with Gasteiger partial charge in [0.2, 0.25) is 10.0 Å². The summed E-state index contributed by atoms with van der Waals surface area (Å²) >= 11 is 1.64. The smallest absolute Gasteiger partial charge is 0.255 e. The van der Waals surface area contributed by atoms with Crippen LogP contribution in [0.15, 0.2) is 81.6 Å². The molecule has 150 valence electrons. The largest absolute Gasteiger partial charge is 0.272 e. The van der Waals surface area contributed by atoms with E-state index in [1.165, 1.54) is 13.3 Å². The number of sulfonamides is 1. The van der Waals surface area contributed by atoms with Crippen molar-refractivity contribution in [2.45, 2.75) is 9.79 Å². The highest BCUT2D eigenvalue weighted by Crippen LogP contribution is 2.21. The summed E-state index contributed by atoms with van der Waals surface area (Å²) in [7, 11) is -2.42. The second-order valence-electron chi connectivity index (χ2n) is 6.34. The molecule has 3 rings (SSSR count). The molecule has 0 bridgehead atoms. The molecule has 1 amide bonds. The number of rotatable bonds is 7. The Bertz CT molecular complexity index is 1140. The topological polar surface area (TPSA) is 78.8 Å². The summed E-state index contributed by atoms with van der Waals surface area (Å²) in [4.78, 5) is 13.4. The van der Waals surface area contributed by atoms with Crippen LogP contribution in [0.4, 0.5) is 0 Å². The molecule has 0 aromatic heterocycles. The van der Waals surface area contributed by atoms with Gasteiger partial charge in [0.1, 0.15) is 0 Å². The van der Waals surface area contributed by atoms with Gasteiger partial charge in [0.05, 0.1) is 17.7 Å². The molecular weight excluding hydrogens is 406 g/mol. The van der Waals surface area contributed by atoms with Crippen LogP contribution in [0, 0.1) is 0 Å². The molecule has 3 aromatic rings. The van der Waals surface area contributed by atoms with Gasteiger partial charge < -0.3 is 0 Å².